The molecule has 0 saturated heterocycles. The van der Waals surface area contributed by atoms with Crippen molar-refractivity contribution in [3.8, 4) is 28.6 Å². The molecule has 5 rings (SSSR count). The molecule has 0 spiro atoms. The molecule has 1 N–H and O–H groups in total. The van der Waals surface area contributed by atoms with Crippen molar-refractivity contribution in [3.05, 3.63) is 65.4 Å². The fourth-order valence-electron chi connectivity index (χ4n) is 5.12. The van der Waals surface area contributed by atoms with Gasteiger partial charge in [0.1, 0.15) is 18.2 Å². The second-order valence-electron chi connectivity index (χ2n) is 9.64. The van der Waals surface area contributed by atoms with Gasteiger partial charge in [-0.2, -0.15) is 18.2 Å². The number of fused-ring (bicyclic) bond motifs is 1. The first kappa shape index (κ1) is 25.9. The Kier molecular flexibility index (Phi) is 6.95. The Hall–Kier alpha value is -3.73. The van der Waals surface area contributed by atoms with Gasteiger partial charge in [0.2, 0.25) is 5.82 Å². The Labute approximate surface area is 215 Å². The first-order chi connectivity index (χ1) is 18.1. The van der Waals surface area contributed by atoms with Crippen molar-refractivity contribution in [2.45, 2.75) is 51.0 Å². The summed E-state index contributed by atoms with van der Waals surface area (Å²) in [4.78, 5) is 17.9. The molecule has 2 aromatic carbocycles. The van der Waals surface area contributed by atoms with Crippen LogP contribution < -0.4 is 4.74 Å². The number of allylic oxidation sites excluding steroid dienone is 1. The molecule has 1 fully saturated rings. The van der Waals surface area contributed by atoms with Crippen molar-refractivity contribution in [3.63, 3.8) is 0 Å². The van der Waals surface area contributed by atoms with E-state index in [1.165, 1.54) is 6.07 Å². The molecule has 11 heteroatoms. The van der Waals surface area contributed by atoms with Gasteiger partial charge in [-0.25, -0.2) is 4.39 Å². The Morgan fingerprint density at radius 3 is 2.47 bits per heavy atom. The van der Waals surface area contributed by atoms with Gasteiger partial charge in [-0.15, -0.1) is 0 Å². The molecule has 0 radical (unpaired) electrons. The lowest BCUT2D eigenvalue weighted by molar-refractivity contribution is -0.143. The number of nitrogens with zero attached hydrogens (tertiary/aromatic N) is 3. The number of rotatable bonds is 7. The van der Waals surface area contributed by atoms with E-state index in [0.717, 1.165) is 49.2 Å². The summed E-state index contributed by atoms with van der Waals surface area (Å²) in [7, 11) is 0. The lowest BCUT2D eigenvalue weighted by atomic mass is 9.85. The summed E-state index contributed by atoms with van der Waals surface area (Å²) in [6.45, 7) is 3.63. The molecule has 0 amide bonds. The fourth-order valence-corrected chi connectivity index (χ4v) is 5.12. The van der Waals surface area contributed by atoms with Crippen LogP contribution >= 0.6 is 0 Å². The molecule has 1 aliphatic carbocycles. The highest BCUT2D eigenvalue weighted by Crippen LogP contribution is 2.40. The third kappa shape index (κ3) is 5.28. The topological polar surface area (TPSA) is 88.7 Å². The average molecular weight is 532 g/mol. The summed E-state index contributed by atoms with van der Waals surface area (Å²) in [5, 5.41) is 13.2. The predicted molar refractivity (Wildman–Crippen MR) is 129 cm³/mol. The van der Waals surface area contributed by atoms with Gasteiger partial charge >= 0.3 is 12.1 Å². The summed E-state index contributed by atoms with van der Waals surface area (Å²) >= 11 is 0. The predicted octanol–water partition coefficient (Wildman–Crippen LogP) is 6.24. The second kappa shape index (κ2) is 10.2. The van der Waals surface area contributed by atoms with Crippen molar-refractivity contribution in [1.29, 1.82) is 0 Å². The molecule has 38 heavy (non-hydrogen) atoms. The van der Waals surface area contributed by atoms with E-state index in [1.807, 2.05) is 18.2 Å². The molecule has 1 saturated carbocycles. The Morgan fingerprint density at radius 2 is 1.79 bits per heavy atom. The lowest BCUT2D eigenvalue weighted by Gasteiger charge is -2.33. The van der Waals surface area contributed by atoms with Crippen molar-refractivity contribution >= 4 is 5.97 Å². The van der Waals surface area contributed by atoms with Crippen LogP contribution in [0.15, 0.2) is 53.3 Å². The Bertz CT molecular complexity index is 1360. The molecule has 0 bridgehead atoms. The molecule has 1 aromatic heterocycles. The SMILES string of the molecule is C=C(CF)Oc1ccc(-c2nc(-c3ccc4c(c3)CN(C3CCC(C(=O)O)CC3)C4)no2)cc1C(F)(F)F. The van der Waals surface area contributed by atoms with Gasteiger partial charge in [0, 0.05) is 30.3 Å². The summed E-state index contributed by atoms with van der Waals surface area (Å²) < 4.78 is 63.7. The second-order valence-corrected chi connectivity index (χ2v) is 9.64. The molecule has 0 unspecified atom stereocenters. The van der Waals surface area contributed by atoms with Crippen LogP contribution in [0, 0.1) is 5.92 Å². The van der Waals surface area contributed by atoms with Gasteiger partial charge in [0.05, 0.1) is 11.5 Å². The Morgan fingerprint density at radius 1 is 1.08 bits per heavy atom. The molecule has 1 aliphatic heterocycles. The van der Waals surface area contributed by atoms with E-state index in [1.54, 1.807) is 0 Å². The van der Waals surface area contributed by atoms with Crippen LogP contribution in [-0.2, 0) is 24.1 Å². The van der Waals surface area contributed by atoms with Crippen LogP contribution in [0.4, 0.5) is 17.6 Å². The number of carbonyl (C=O) groups is 1. The first-order valence-corrected chi connectivity index (χ1v) is 12.2. The van der Waals surface area contributed by atoms with Gasteiger partial charge in [-0.1, -0.05) is 23.9 Å². The molecule has 200 valence electrons. The van der Waals surface area contributed by atoms with Crippen LogP contribution in [0.3, 0.4) is 0 Å². The van der Waals surface area contributed by atoms with Gasteiger partial charge in [-0.05, 0) is 61.1 Å². The molecule has 2 aliphatic rings. The van der Waals surface area contributed by atoms with Crippen LogP contribution in [-0.4, -0.2) is 38.8 Å². The minimum atomic E-state index is -4.76. The highest BCUT2D eigenvalue weighted by molar-refractivity contribution is 5.70. The molecule has 3 aromatic rings. The smallest absolute Gasteiger partial charge is 0.420 e. The van der Waals surface area contributed by atoms with Crippen molar-refractivity contribution in [2.75, 3.05) is 6.67 Å². The van der Waals surface area contributed by atoms with E-state index in [-0.39, 0.29) is 23.2 Å². The molecular weight excluding hydrogens is 506 g/mol. The van der Waals surface area contributed by atoms with E-state index in [0.29, 0.717) is 24.4 Å². The standard InChI is InChI=1S/C27H25F4N3O4/c1-15(12-28)37-23-9-6-18(11-22(23)27(29,30)31)25-32-24(33-38-25)17-2-3-19-13-34(14-20(19)10-17)21-7-4-16(5-8-21)26(35)36/h2-3,6,9-11,16,21H,1,4-5,7-8,12-14H2,(H,35,36). The fraction of sp³-hybridized carbons (Fsp3) is 0.370. The maximum atomic E-state index is 13.6. The quantitative estimate of drug-likeness (QED) is 0.285. The van der Waals surface area contributed by atoms with Gasteiger partial charge in [-0.3, -0.25) is 9.69 Å². The monoisotopic (exact) mass is 531 g/mol. The number of alkyl halides is 4. The van der Waals surface area contributed by atoms with E-state index in [4.69, 9.17) is 9.26 Å². The zero-order valence-corrected chi connectivity index (χ0v) is 20.3. The van der Waals surface area contributed by atoms with Crippen LogP contribution in [0.2, 0.25) is 0 Å². The summed E-state index contributed by atoms with van der Waals surface area (Å²) in [6.07, 6.45) is -1.71. The molecular formula is C27H25F4N3O4. The minimum absolute atomic E-state index is 0.0404. The largest absolute Gasteiger partial charge is 0.481 e. The highest BCUT2D eigenvalue weighted by atomic mass is 19.4. The van der Waals surface area contributed by atoms with Crippen molar-refractivity contribution in [1.82, 2.24) is 15.0 Å². The number of halogens is 4. The van der Waals surface area contributed by atoms with Crippen LogP contribution in [0.1, 0.15) is 42.4 Å². The van der Waals surface area contributed by atoms with Crippen molar-refractivity contribution in [2.24, 2.45) is 5.92 Å². The average Bonchev–Trinajstić information content (AvgIpc) is 3.55. The first-order valence-electron chi connectivity index (χ1n) is 12.2. The van der Waals surface area contributed by atoms with E-state index < -0.39 is 35.9 Å². The van der Waals surface area contributed by atoms with E-state index in [2.05, 4.69) is 21.6 Å². The number of ether oxygens (including phenoxy) is 1. The van der Waals surface area contributed by atoms with Crippen molar-refractivity contribution < 1.29 is 36.7 Å². The zero-order valence-electron chi connectivity index (χ0n) is 20.3. The minimum Gasteiger partial charge on any atom is -0.481 e. The van der Waals surface area contributed by atoms with Gasteiger partial charge in [0.15, 0.2) is 0 Å². The van der Waals surface area contributed by atoms with Crippen LogP contribution in [0.5, 0.6) is 5.75 Å². The van der Waals surface area contributed by atoms with Gasteiger partial charge < -0.3 is 14.4 Å². The van der Waals surface area contributed by atoms with Crippen LogP contribution in [0.25, 0.3) is 22.8 Å². The molecule has 0 atom stereocenters. The van der Waals surface area contributed by atoms with Gasteiger partial charge in [0.25, 0.3) is 5.89 Å². The van der Waals surface area contributed by atoms with E-state index >= 15 is 0 Å². The third-order valence-electron chi connectivity index (χ3n) is 7.13. The summed E-state index contributed by atoms with van der Waals surface area (Å²) in [5.74, 6) is -1.85. The molecule has 2 heterocycles. The number of hydrogen-bond acceptors (Lipinski definition) is 6. The number of carboxylic acids is 1. The number of carboxylic acid groups (broad SMARTS) is 1. The lowest BCUT2D eigenvalue weighted by Crippen LogP contribution is -2.35. The maximum Gasteiger partial charge on any atom is 0.420 e. The maximum absolute atomic E-state index is 13.6. The molecule has 7 nitrogen and oxygen atoms in total. The Balaban J connectivity index is 1.33. The third-order valence-corrected chi connectivity index (χ3v) is 7.13. The number of benzene rings is 2. The summed E-state index contributed by atoms with van der Waals surface area (Å²) in [5.41, 5.74) is 1.87. The number of aliphatic carboxylic acids is 1. The number of hydrogen-bond donors (Lipinski definition) is 1. The highest BCUT2D eigenvalue weighted by Gasteiger charge is 2.36. The van der Waals surface area contributed by atoms with E-state index in [9.17, 15) is 27.5 Å². The zero-order chi connectivity index (χ0) is 27.0. The normalized spacial score (nSPS) is 19.8. The number of aromatic nitrogens is 2. The summed E-state index contributed by atoms with van der Waals surface area (Å²) in [6, 6.07) is 9.32.